The Hall–Kier alpha value is -3.54. The molecule has 1 saturated heterocycles. The van der Waals surface area contributed by atoms with Crippen LogP contribution in [0.15, 0.2) is 41.5 Å². The van der Waals surface area contributed by atoms with E-state index < -0.39 is 30.0 Å². The molecule has 3 amide bonds. The Morgan fingerprint density at radius 2 is 1.91 bits per heavy atom. The van der Waals surface area contributed by atoms with Crippen molar-refractivity contribution >= 4 is 17.6 Å². The zero-order valence-electron chi connectivity index (χ0n) is 18.5. The molecule has 4 rings (SSSR count). The average Bonchev–Trinajstić information content (AvgIpc) is 3.25. The molecule has 1 unspecified atom stereocenters. The van der Waals surface area contributed by atoms with Crippen LogP contribution in [0.25, 0.3) is 0 Å². The number of nitrogens with one attached hydrogen (secondary N) is 1. The van der Waals surface area contributed by atoms with Gasteiger partial charge in [0.25, 0.3) is 0 Å². The highest BCUT2D eigenvalue weighted by atomic mass is 19.4. The molecule has 1 fully saturated rings. The lowest BCUT2D eigenvalue weighted by Gasteiger charge is -2.32. The van der Waals surface area contributed by atoms with Crippen molar-refractivity contribution in [1.82, 2.24) is 25.4 Å². The minimum absolute atomic E-state index is 0.0342. The third-order valence-electron chi connectivity index (χ3n) is 5.63. The largest absolute Gasteiger partial charge is 0.435 e. The van der Waals surface area contributed by atoms with Gasteiger partial charge in [0, 0.05) is 6.54 Å². The van der Waals surface area contributed by atoms with E-state index in [1.54, 1.807) is 11.8 Å². The van der Waals surface area contributed by atoms with E-state index in [2.05, 4.69) is 20.6 Å². The number of hydrogen-bond acceptors (Lipinski definition) is 6. The van der Waals surface area contributed by atoms with Crippen LogP contribution in [0.5, 0.6) is 0 Å². The van der Waals surface area contributed by atoms with E-state index in [0.717, 1.165) is 17.2 Å². The minimum Gasteiger partial charge on any atom is -0.370 e. The number of nitrogens with zero attached hydrogens (tertiary/aromatic N) is 5. The van der Waals surface area contributed by atoms with E-state index in [0.29, 0.717) is 18.9 Å². The number of halogens is 3. The van der Waals surface area contributed by atoms with Gasteiger partial charge in [0.15, 0.2) is 5.69 Å². The van der Waals surface area contributed by atoms with E-state index in [1.165, 1.54) is 11.1 Å². The molecule has 2 aliphatic heterocycles. The Balaban J connectivity index is 1.52. The van der Waals surface area contributed by atoms with E-state index >= 15 is 0 Å². The Morgan fingerprint density at radius 3 is 2.53 bits per heavy atom. The van der Waals surface area contributed by atoms with Crippen LogP contribution >= 0.6 is 0 Å². The van der Waals surface area contributed by atoms with Crippen LogP contribution in [0.4, 0.5) is 18.0 Å². The van der Waals surface area contributed by atoms with Crippen molar-refractivity contribution in [3.05, 3.63) is 58.9 Å². The molecule has 2 aliphatic rings. The molecule has 180 valence electrons. The number of hydrazone groups is 1. The second-order valence-corrected chi connectivity index (χ2v) is 8.10. The highest BCUT2D eigenvalue weighted by molar-refractivity contribution is 6.08. The summed E-state index contributed by atoms with van der Waals surface area (Å²) in [5.74, 6) is -0.188. The molecule has 9 nitrogen and oxygen atoms in total. The standard InChI is InChI=1S/C22H23F3N6O3/c1-13-3-5-15(6-4-13)20-17(30-9-10-34-12-19(30)32)11-31(29-20)21(33)26-14(2)16-7-8-18(28-27-16)22(23,24)25/h3-8,14,17H,9-12H2,1-2H3,(H,26,33)/t14?,17-/m1/s1. The van der Waals surface area contributed by atoms with Gasteiger partial charge in [-0.15, -0.1) is 5.10 Å². The first kappa shape index (κ1) is 23.6. The van der Waals surface area contributed by atoms with E-state index in [9.17, 15) is 22.8 Å². The number of carbonyl (C=O) groups excluding carboxylic acids is 2. The molecule has 2 atom stereocenters. The fraction of sp³-hybridized carbons (Fsp3) is 0.409. The first-order valence-corrected chi connectivity index (χ1v) is 10.6. The SMILES string of the molecule is Cc1ccc(C2=NN(C(=O)NC(C)c3ccc(C(F)(F)F)nn3)C[C@H]2N2CCOCC2=O)cc1. The molecule has 0 saturated carbocycles. The number of rotatable bonds is 4. The van der Waals surface area contributed by atoms with Crippen molar-refractivity contribution in [2.75, 3.05) is 26.3 Å². The van der Waals surface area contributed by atoms with Crippen molar-refractivity contribution in [3.63, 3.8) is 0 Å². The summed E-state index contributed by atoms with van der Waals surface area (Å²) in [4.78, 5) is 27.1. The summed E-state index contributed by atoms with van der Waals surface area (Å²) in [7, 11) is 0. The molecule has 0 bridgehead atoms. The summed E-state index contributed by atoms with van der Waals surface area (Å²) in [5, 5.41) is 15.2. The van der Waals surface area contributed by atoms with Crippen LogP contribution in [-0.2, 0) is 15.7 Å². The quantitative estimate of drug-likeness (QED) is 0.731. The van der Waals surface area contributed by atoms with Crippen molar-refractivity contribution in [1.29, 1.82) is 0 Å². The van der Waals surface area contributed by atoms with Crippen LogP contribution in [0.3, 0.4) is 0 Å². The Morgan fingerprint density at radius 1 is 1.18 bits per heavy atom. The second kappa shape index (κ2) is 9.37. The lowest BCUT2D eigenvalue weighted by molar-refractivity contribution is -0.144. The van der Waals surface area contributed by atoms with Gasteiger partial charge < -0.3 is 15.0 Å². The summed E-state index contributed by atoms with van der Waals surface area (Å²) >= 11 is 0. The molecule has 34 heavy (non-hydrogen) atoms. The van der Waals surface area contributed by atoms with Crippen molar-refractivity contribution in [3.8, 4) is 0 Å². The molecule has 1 aromatic carbocycles. The van der Waals surface area contributed by atoms with E-state index in [1.807, 2.05) is 31.2 Å². The lowest BCUT2D eigenvalue weighted by Crippen LogP contribution is -2.52. The lowest BCUT2D eigenvalue weighted by atomic mass is 10.0. The predicted molar refractivity (Wildman–Crippen MR) is 115 cm³/mol. The van der Waals surface area contributed by atoms with Gasteiger partial charge in [0.2, 0.25) is 5.91 Å². The zero-order chi connectivity index (χ0) is 24.5. The Labute approximate surface area is 193 Å². The maximum atomic E-state index is 12.9. The van der Waals surface area contributed by atoms with Crippen LogP contribution < -0.4 is 5.32 Å². The third-order valence-corrected chi connectivity index (χ3v) is 5.63. The Bertz CT molecular complexity index is 1090. The zero-order valence-corrected chi connectivity index (χ0v) is 18.5. The fourth-order valence-electron chi connectivity index (χ4n) is 3.75. The topological polar surface area (TPSA) is 100 Å². The summed E-state index contributed by atoms with van der Waals surface area (Å²) in [5.41, 5.74) is 1.48. The van der Waals surface area contributed by atoms with Gasteiger partial charge in [-0.05, 0) is 31.5 Å². The number of urea groups is 1. The monoisotopic (exact) mass is 476 g/mol. The number of morpholine rings is 1. The van der Waals surface area contributed by atoms with Gasteiger partial charge in [-0.3, -0.25) is 4.79 Å². The predicted octanol–water partition coefficient (Wildman–Crippen LogP) is 2.52. The fourth-order valence-corrected chi connectivity index (χ4v) is 3.75. The normalized spacial score (nSPS) is 19.7. The van der Waals surface area contributed by atoms with Crippen molar-refractivity contribution in [2.45, 2.75) is 32.1 Å². The van der Waals surface area contributed by atoms with Crippen molar-refractivity contribution in [2.24, 2.45) is 5.10 Å². The van der Waals surface area contributed by atoms with Crippen LogP contribution in [-0.4, -0.2) is 70.1 Å². The first-order valence-electron chi connectivity index (χ1n) is 10.6. The summed E-state index contributed by atoms with van der Waals surface area (Å²) in [6, 6.07) is 7.85. The molecule has 12 heteroatoms. The van der Waals surface area contributed by atoms with E-state index in [4.69, 9.17) is 4.74 Å². The summed E-state index contributed by atoms with van der Waals surface area (Å²) in [6.07, 6.45) is -4.60. The van der Waals surface area contributed by atoms with Gasteiger partial charge in [-0.1, -0.05) is 29.8 Å². The van der Waals surface area contributed by atoms with Gasteiger partial charge in [-0.25, -0.2) is 9.80 Å². The molecule has 0 aliphatic carbocycles. The molecule has 3 heterocycles. The number of alkyl halides is 3. The molecule has 0 spiro atoms. The second-order valence-electron chi connectivity index (χ2n) is 8.10. The number of aromatic nitrogens is 2. The number of aryl methyl sites for hydroxylation is 1. The smallest absolute Gasteiger partial charge is 0.370 e. The molecule has 2 aromatic rings. The summed E-state index contributed by atoms with van der Waals surface area (Å²) in [6.45, 7) is 4.40. The van der Waals surface area contributed by atoms with Crippen LogP contribution in [0, 0.1) is 6.92 Å². The molecular weight excluding hydrogens is 453 g/mol. The minimum atomic E-state index is -4.60. The maximum Gasteiger partial charge on any atom is 0.435 e. The van der Waals surface area contributed by atoms with Gasteiger partial charge >= 0.3 is 12.2 Å². The number of ether oxygens (including phenoxy) is 1. The van der Waals surface area contributed by atoms with Gasteiger partial charge in [0.05, 0.1) is 36.6 Å². The van der Waals surface area contributed by atoms with E-state index in [-0.39, 0.29) is 24.8 Å². The highest BCUT2D eigenvalue weighted by Crippen LogP contribution is 2.27. The van der Waals surface area contributed by atoms with Gasteiger partial charge in [-0.2, -0.15) is 23.4 Å². The Kier molecular flexibility index (Phi) is 6.51. The molecule has 1 N–H and O–H groups in total. The average molecular weight is 476 g/mol. The highest BCUT2D eigenvalue weighted by Gasteiger charge is 2.39. The molecule has 1 aromatic heterocycles. The number of amides is 3. The number of carbonyl (C=O) groups is 2. The van der Waals surface area contributed by atoms with Crippen molar-refractivity contribution < 1.29 is 27.5 Å². The number of benzene rings is 1. The van der Waals surface area contributed by atoms with Crippen LogP contribution in [0.1, 0.15) is 35.5 Å². The number of hydrogen-bond donors (Lipinski definition) is 1. The molecule has 0 radical (unpaired) electrons. The van der Waals surface area contributed by atoms with Gasteiger partial charge in [0.1, 0.15) is 6.61 Å². The molecular formula is C22H23F3N6O3. The first-order chi connectivity index (χ1) is 16.1. The van der Waals surface area contributed by atoms with Crippen LogP contribution in [0.2, 0.25) is 0 Å². The maximum absolute atomic E-state index is 12.9. The third kappa shape index (κ3) is 5.01. The summed E-state index contributed by atoms with van der Waals surface area (Å²) < 4.78 is 43.4.